The molecule has 0 bridgehead atoms. The van der Waals surface area contributed by atoms with Crippen LogP contribution in [0.1, 0.15) is 49.9 Å². The molecular weight excluding hydrogens is 268 g/mol. The van der Waals surface area contributed by atoms with Crippen LogP contribution in [0.15, 0.2) is 36.4 Å². The first-order chi connectivity index (χ1) is 10.0. The van der Waals surface area contributed by atoms with Crippen LogP contribution >= 0.6 is 0 Å². The summed E-state index contributed by atoms with van der Waals surface area (Å²) in [5.74, 6) is -0.723. The molecular formula is C17H22O4. The number of phenolic OH excluding ortho intramolecular Hbond substituents is 1. The second kappa shape index (κ2) is 8.95. The third-order valence-electron chi connectivity index (χ3n) is 3.04. The Labute approximate surface area is 125 Å². The molecule has 0 aliphatic heterocycles. The first kappa shape index (κ1) is 17.0. The lowest BCUT2D eigenvalue weighted by molar-refractivity contribution is -0.144. The molecule has 1 N–H and O–H groups in total. The van der Waals surface area contributed by atoms with Crippen LogP contribution in [0.3, 0.4) is 0 Å². The van der Waals surface area contributed by atoms with Crippen LogP contribution in [-0.4, -0.2) is 23.0 Å². The molecule has 0 saturated carbocycles. The van der Waals surface area contributed by atoms with E-state index >= 15 is 0 Å². The minimum atomic E-state index is -0.399. The van der Waals surface area contributed by atoms with E-state index < -0.39 is 6.10 Å². The average molecular weight is 290 g/mol. The van der Waals surface area contributed by atoms with Crippen molar-refractivity contribution in [3.63, 3.8) is 0 Å². The maximum Gasteiger partial charge on any atom is 0.303 e. The SMILES string of the molecule is CCCCCC(C=CC(=O)c1ccccc1O)OC(C)=O. The number of unbranched alkanes of at least 4 members (excludes halogenated alkanes) is 2. The Kier molecular flexibility index (Phi) is 7.23. The third-order valence-corrected chi connectivity index (χ3v) is 3.04. The number of hydrogen-bond acceptors (Lipinski definition) is 4. The van der Waals surface area contributed by atoms with Crippen molar-refractivity contribution in [3.05, 3.63) is 42.0 Å². The molecule has 4 nitrogen and oxygen atoms in total. The van der Waals surface area contributed by atoms with Crippen molar-refractivity contribution in [2.75, 3.05) is 0 Å². The summed E-state index contributed by atoms with van der Waals surface area (Å²) in [6.07, 6.45) is 6.30. The molecule has 0 amide bonds. The van der Waals surface area contributed by atoms with E-state index in [-0.39, 0.29) is 23.1 Å². The number of para-hydroxylation sites is 1. The Morgan fingerprint density at radius 3 is 2.62 bits per heavy atom. The zero-order valence-electron chi connectivity index (χ0n) is 12.5. The lowest BCUT2D eigenvalue weighted by Gasteiger charge is -2.12. The summed E-state index contributed by atoms with van der Waals surface area (Å²) in [4.78, 5) is 23.1. The number of ether oxygens (including phenoxy) is 1. The predicted molar refractivity (Wildman–Crippen MR) is 81.3 cm³/mol. The second-order valence-electron chi connectivity index (χ2n) is 4.88. The van der Waals surface area contributed by atoms with Crippen LogP contribution in [0.25, 0.3) is 0 Å². The van der Waals surface area contributed by atoms with Gasteiger partial charge in [-0.05, 0) is 37.1 Å². The molecule has 0 aliphatic carbocycles. The largest absolute Gasteiger partial charge is 0.507 e. The maximum atomic E-state index is 12.0. The van der Waals surface area contributed by atoms with Crippen LogP contribution in [0, 0.1) is 0 Å². The Balaban J connectivity index is 2.70. The van der Waals surface area contributed by atoms with Gasteiger partial charge in [-0.3, -0.25) is 9.59 Å². The van der Waals surface area contributed by atoms with Gasteiger partial charge in [0.2, 0.25) is 0 Å². The van der Waals surface area contributed by atoms with Gasteiger partial charge in [0.05, 0.1) is 5.56 Å². The molecule has 1 atom stereocenters. The van der Waals surface area contributed by atoms with E-state index in [9.17, 15) is 14.7 Å². The molecule has 0 aliphatic rings. The van der Waals surface area contributed by atoms with Gasteiger partial charge in [-0.25, -0.2) is 0 Å². The second-order valence-corrected chi connectivity index (χ2v) is 4.88. The summed E-state index contributed by atoms with van der Waals surface area (Å²) in [7, 11) is 0. The number of carbonyl (C=O) groups is 2. The number of rotatable bonds is 8. The molecule has 0 heterocycles. The van der Waals surface area contributed by atoms with Gasteiger partial charge >= 0.3 is 5.97 Å². The molecule has 4 heteroatoms. The van der Waals surface area contributed by atoms with Gasteiger partial charge in [-0.1, -0.05) is 31.9 Å². The van der Waals surface area contributed by atoms with Crippen molar-refractivity contribution in [2.24, 2.45) is 0 Å². The lowest BCUT2D eigenvalue weighted by Crippen LogP contribution is -2.14. The number of aromatic hydroxyl groups is 1. The van der Waals surface area contributed by atoms with Gasteiger partial charge in [-0.2, -0.15) is 0 Å². The summed E-state index contributed by atoms with van der Waals surface area (Å²) in [5.41, 5.74) is 0.240. The van der Waals surface area contributed by atoms with Crippen LogP contribution < -0.4 is 0 Å². The molecule has 1 aromatic carbocycles. The monoisotopic (exact) mass is 290 g/mol. The third kappa shape index (κ3) is 6.25. The summed E-state index contributed by atoms with van der Waals surface area (Å²) >= 11 is 0. The van der Waals surface area contributed by atoms with E-state index in [4.69, 9.17) is 4.74 Å². The number of allylic oxidation sites excluding steroid dienone is 1. The van der Waals surface area contributed by atoms with Gasteiger partial charge < -0.3 is 9.84 Å². The number of phenols is 1. The number of benzene rings is 1. The van der Waals surface area contributed by atoms with E-state index in [1.807, 2.05) is 0 Å². The van der Waals surface area contributed by atoms with Gasteiger partial charge in [-0.15, -0.1) is 0 Å². The van der Waals surface area contributed by atoms with Crippen molar-refractivity contribution in [1.29, 1.82) is 0 Å². The normalized spacial score (nSPS) is 12.3. The number of carbonyl (C=O) groups excluding carboxylic acids is 2. The highest BCUT2D eigenvalue weighted by atomic mass is 16.5. The minimum Gasteiger partial charge on any atom is -0.507 e. The fourth-order valence-electron chi connectivity index (χ4n) is 1.97. The molecule has 1 rings (SSSR count). The zero-order chi connectivity index (χ0) is 15.7. The average Bonchev–Trinajstić information content (AvgIpc) is 2.44. The van der Waals surface area contributed by atoms with Gasteiger partial charge in [0.1, 0.15) is 11.9 Å². The van der Waals surface area contributed by atoms with E-state index in [2.05, 4.69) is 6.92 Å². The van der Waals surface area contributed by atoms with Crippen LogP contribution in [0.2, 0.25) is 0 Å². The Hall–Kier alpha value is -2.10. The molecule has 0 saturated heterocycles. The van der Waals surface area contributed by atoms with E-state index in [0.717, 1.165) is 19.3 Å². The van der Waals surface area contributed by atoms with Crippen LogP contribution in [-0.2, 0) is 9.53 Å². The van der Waals surface area contributed by atoms with Crippen molar-refractivity contribution in [1.82, 2.24) is 0 Å². The van der Waals surface area contributed by atoms with Crippen LogP contribution in [0.5, 0.6) is 5.75 Å². The standard InChI is InChI=1S/C17H22O4/c1-3-4-5-8-14(21-13(2)18)11-12-17(20)15-9-6-7-10-16(15)19/h6-7,9-12,14,19H,3-5,8H2,1-2H3. The number of ketones is 1. The quantitative estimate of drug-likeness (QED) is 0.343. The molecule has 0 aromatic heterocycles. The fraction of sp³-hybridized carbons (Fsp3) is 0.412. The first-order valence-electron chi connectivity index (χ1n) is 7.22. The summed E-state index contributed by atoms with van der Waals surface area (Å²) in [6, 6.07) is 6.36. The molecule has 114 valence electrons. The predicted octanol–water partition coefficient (Wildman–Crippen LogP) is 3.64. The topological polar surface area (TPSA) is 63.6 Å². The molecule has 1 aromatic rings. The number of esters is 1. The summed E-state index contributed by atoms with van der Waals surface area (Å²) < 4.78 is 5.17. The highest BCUT2D eigenvalue weighted by Crippen LogP contribution is 2.17. The summed E-state index contributed by atoms with van der Waals surface area (Å²) in [5, 5.41) is 9.62. The van der Waals surface area contributed by atoms with Crippen molar-refractivity contribution < 1.29 is 19.4 Å². The van der Waals surface area contributed by atoms with E-state index in [0.29, 0.717) is 6.42 Å². The highest BCUT2D eigenvalue weighted by Gasteiger charge is 2.11. The van der Waals surface area contributed by atoms with Gasteiger partial charge in [0.25, 0.3) is 0 Å². The molecule has 21 heavy (non-hydrogen) atoms. The van der Waals surface area contributed by atoms with Crippen molar-refractivity contribution >= 4 is 11.8 Å². The highest BCUT2D eigenvalue weighted by molar-refractivity contribution is 6.06. The molecule has 0 fully saturated rings. The maximum absolute atomic E-state index is 12.0. The fourth-order valence-corrected chi connectivity index (χ4v) is 1.97. The molecule has 0 radical (unpaired) electrons. The Morgan fingerprint density at radius 2 is 2.00 bits per heavy atom. The zero-order valence-corrected chi connectivity index (χ0v) is 12.5. The van der Waals surface area contributed by atoms with Crippen molar-refractivity contribution in [3.8, 4) is 5.75 Å². The van der Waals surface area contributed by atoms with Crippen LogP contribution in [0.4, 0.5) is 0 Å². The minimum absolute atomic E-state index is 0.0535. The van der Waals surface area contributed by atoms with Gasteiger partial charge in [0, 0.05) is 6.92 Å². The number of hydrogen-bond donors (Lipinski definition) is 1. The Morgan fingerprint density at radius 1 is 1.29 bits per heavy atom. The molecule has 0 spiro atoms. The Bertz CT molecular complexity index is 505. The smallest absolute Gasteiger partial charge is 0.303 e. The summed E-state index contributed by atoms with van der Waals surface area (Å²) in [6.45, 7) is 3.45. The first-order valence-corrected chi connectivity index (χ1v) is 7.22. The van der Waals surface area contributed by atoms with Crippen molar-refractivity contribution in [2.45, 2.75) is 45.6 Å². The van der Waals surface area contributed by atoms with E-state index in [1.165, 1.54) is 19.1 Å². The van der Waals surface area contributed by atoms with E-state index in [1.54, 1.807) is 24.3 Å². The molecule has 1 unspecified atom stereocenters. The van der Waals surface area contributed by atoms with Gasteiger partial charge in [0.15, 0.2) is 5.78 Å². The lowest BCUT2D eigenvalue weighted by atomic mass is 10.1.